The Hall–Kier alpha value is -1.18. The molecule has 0 saturated heterocycles. The zero-order chi connectivity index (χ0) is 20.0. The van der Waals surface area contributed by atoms with Crippen LogP contribution < -0.4 is 5.32 Å². The van der Waals surface area contributed by atoms with Gasteiger partial charge in [-0.05, 0) is 44.1 Å². The number of alkyl halides is 1. The molecule has 7 heteroatoms. The number of aliphatic hydroxyl groups is 3. The summed E-state index contributed by atoms with van der Waals surface area (Å²) >= 11 is 6.22. The normalized spacial score (nSPS) is 12.7. The maximum Gasteiger partial charge on any atom is 0.240 e. The minimum absolute atomic E-state index is 0.0142. The Morgan fingerprint density at radius 1 is 1.00 bits per heavy atom. The van der Waals surface area contributed by atoms with Crippen LogP contribution in [0.25, 0.3) is 0 Å². The van der Waals surface area contributed by atoms with Crippen molar-refractivity contribution in [2.45, 2.75) is 56.0 Å². The van der Waals surface area contributed by atoms with Gasteiger partial charge in [-0.15, -0.1) is 11.6 Å². The quantitative estimate of drug-likeness (QED) is 0.337. The number of ether oxygens (including phenoxy) is 1. The molecule has 154 valence electrons. The fourth-order valence-electron chi connectivity index (χ4n) is 3.08. The van der Waals surface area contributed by atoms with Crippen molar-refractivity contribution in [3.8, 4) is 0 Å². The first-order valence-corrected chi connectivity index (χ1v) is 9.91. The number of amides is 1. The lowest BCUT2D eigenvalue weighted by atomic mass is 9.83. The van der Waals surface area contributed by atoms with Crippen molar-refractivity contribution in [1.29, 1.82) is 0 Å². The lowest BCUT2D eigenvalue weighted by Crippen LogP contribution is -2.52. The standard InChI is InChI=1S/C20H32ClNO5/c21-18(16-27-15-17-7-2-1-3-8-17)19(26)22-20(9-4-12-23,10-5-13-24)11-6-14-25/h1-3,7-8,18,23-25H,4-6,9-16H2,(H,22,26). The van der Waals surface area contributed by atoms with Crippen LogP contribution in [0, 0.1) is 0 Å². The molecule has 1 amide bonds. The lowest BCUT2D eigenvalue weighted by molar-refractivity contribution is -0.124. The Balaban J connectivity index is 2.62. The lowest BCUT2D eigenvalue weighted by Gasteiger charge is -2.36. The van der Waals surface area contributed by atoms with Gasteiger partial charge in [0.05, 0.1) is 13.2 Å². The van der Waals surface area contributed by atoms with E-state index in [1.54, 1.807) is 0 Å². The molecule has 0 radical (unpaired) electrons. The molecule has 0 aliphatic rings. The summed E-state index contributed by atoms with van der Waals surface area (Å²) < 4.78 is 5.55. The van der Waals surface area contributed by atoms with Crippen molar-refractivity contribution < 1.29 is 24.9 Å². The zero-order valence-corrected chi connectivity index (χ0v) is 16.5. The highest BCUT2D eigenvalue weighted by atomic mass is 35.5. The van der Waals surface area contributed by atoms with E-state index in [2.05, 4.69) is 5.32 Å². The van der Waals surface area contributed by atoms with Crippen molar-refractivity contribution in [1.82, 2.24) is 5.32 Å². The van der Waals surface area contributed by atoms with Gasteiger partial charge < -0.3 is 25.4 Å². The van der Waals surface area contributed by atoms with Gasteiger partial charge in [0.25, 0.3) is 0 Å². The molecule has 1 aromatic carbocycles. The van der Waals surface area contributed by atoms with E-state index in [1.165, 1.54) is 0 Å². The molecule has 6 nitrogen and oxygen atoms in total. The highest BCUT2D eigenvalue weighted by Crippen LogP contribution is 2.26. The molecule has 0 heterocycles. The molecule has 0 aliphatic heterocycles. The Morgan fingerprint density at radius 2 is 1.52 bits per heavy atom. The number of nitrogens with one attached hydrogen (secondary N) is 1. The Morgan fingerprint density at radius 3 is 2.00 bits per heavy atom. The average molecular weight is 402 g/mol. The third-order valence-electron chi connectivity index (χ3n) is 4.49. The number of hydrogen-bond donors (Lipinski definition) is 4. The molecule has 0 spiro atoms. The summed E-state index contributed by atoms with van der Waals surface area (Å²) in [6.45, 7) is 0.501. The van der Waals surface area contributed by atoms with Gasteiger partial charge in [0.15, 0.2) is 0 Å². The van der Waals surface area contributed by atoms with Crippen molar-refractivity contribution in [2.75, 3.05) is 26.4 Å². The molecule has 1 aromatic rings. The first-order valence-electron chi connectivity index (χ1n) is 9.47. The van der Waals surface area contributed by atoms with E-state index in [0.717, 1.165) is 5.56 Å². The van der Waals surface area contributed by atoms with Crippen LogP contribution >= 0.6 is 11.6 Å². The van der Waals surface area contributed by atoms with E-state index in [4.69, 9.17) is 16.3 Å². The summed E-state index contributed by atoms with van der Waals surface area (Å²) in [7, 11) is 0. The number of rotatable bonds is 15. The number of aliphatic hydroxyl groups excluding tert-OH is 3. The van der Waals surface area contributed by atoms with Crippen molar-refractivity contribution in [3.05, 3.63) is 35.9 Å². The molecule has 27 heavy (non-hydrogen) atoms. The maximum absolute atomic E-state index is 12.6. The second-order valence-electron chi connectivity index (χ2n) is 6.72. The topological polar surface area (TPSA) is 99.0 Å². The van der Waals surface area contributed by atoms with Crippen LogP contribution in [-0.4, -0.2) is 58.6 Å². The second kappa shape index (κ2) is 13.9. The van der Waals surface area contributed by atoms with Crippen molar-refractivity contribution in [2.24, 2.45) is 0 Å². The number of benzene rings is 1. The SMILES string of the molecule is O=C(NC(CCCO)(CCCO)CCCO)C(Cl)COCc1ccccc1. The maximum atomic E-state index is 12.6. The fraction of sp³-hybridized carbons (Fsp3) is 0.650. The number of hydrogen-bond acceptors (Lipinski definition) is 5. The van der Waals surface area contributed by atoms with Gasteiger partial charge >= 0.3 is 0 Å². The number of carbonyl (C=O) groups is 1. The molecule has 1 rings (SSSR count). The van der Waals surface area contributed by atoms with E-state index in [9.17, 15) is 20.1 Å². The summed E-state index contributed by atoms with van der Waals surface area (Å²) in [5.41, 5.74) is 0.405. The predicted octanol–water partition coefficient (Wildman–Crippen LogP) is 1.98. The smallest absolute Gasteiger partial charge is 0.240 e. The molecule has 0 bridgehead atoms. The van der Waals surface area contributed by atoms with Crippen molar-refractivity contribution in [3.63, 3.8) is 0 Å². The summed E-state index contributed by atoms with van der Waals surface area (Å²) in [6, 6.07) is 9.63. The molecular weight excluding hydrogens is 370 g/mol. The van der Waals surface area contributed by atoms with Gasteiger partial charge in [-0.25, -0.2) is 0 Å². The Kier molecular flexibility index (Phi) is 12.3. The predicted molar refractivity (Wildman–Crippen MR) is 106 cm³/mol. The minimum atomic E-state index is -0.842. The Labute approximate surface area is 166 Å². The zero-order valence-electron chi connectivity index (χ0n) is 15.8. The first-order chi connectivity index (χ1) is 13.1. The molecule has 0 fully saturated rings. The van der Waals surface area contributed by atoms with Gasteiger partial charge in [0.1, 0.15) is 5.38 Å². The first kappa shape index (κ1) is 23.9. The highest BCUT2D eigenvalue weighted by molar-refractivity contribution is 6.30. The minimum Gasteiger partial charge on any atom is -0.396 e. The molecule has 0 aliphatic carbocycles. The van der Waals surface area contributed by atoms with Gasteiger partial charge in [-0.3, -0.25) is 4.79 Å². The van der Waals surface area contributed by atoms with Gasteiger partial charge in [-0.1, -0.05) is 30.3 Å². The number of carbonyl (C=O) groups excluding carboxylic acids is 1. The van der Waals surface area contributed by atoms with E-state index >= 15 is 0 Å². The monoisotopic (exact) mass is 401 g/mol. The van der Waals surface area contributed by atoms with Crippen LogP contribution in [0.3, 0.4) is 0 Å². The van der Waals surface area contributed by atoms with E-state index in [-0.39, 0.29) is 32.3 Å². The van der Waals surface area contributed by atoms with Crippen LogP contribution in [0.4, 0.5) is 0 Å². The molecule has 1 atom stereocenters. The fourth-order valence-corrected chi connectivity index (χ4v) is 3.23. The van der Waals surface area contributed by atoms with E-state index in [1.807, 2.05) is 30.3 Å². The molecule has 4 N–H and O–H groups in total. The van der Waals surface area contributed by atoms with Crippen LogP contribution in [0.2, 0.25) is 0 Å². The Bertz CT molecular complexity index is 493. The summed E-state index contributed by atoms with van der Waals surface area (Å²) in [4.78, 5) is 12.6. The van der Waals surface area contributed by atoms with E-state index < -0.39 is 10.9 Å². The number of halogens is 1. The van der Waals surface area contributed by atoms with Gasteiger partial charge in [-0.2, -0.15) is 0 Å². The van der Waals surface area contributed by atoms with Crippen LogP contribution in [-0.2, 0) is 16.1 Å². The van der Waals surface area contributed by atoms with Crippen LogP contribution in [0.5, 0.6) is 0 Å². The molecular formula is C20H32ClNO5. The van der Waals surface area contributed by atoms with Crippen LogP contribution in [0.15, 0.2) is 30.3 Å². The summed E-state index contributed by atoms with van der Waals surface area (Å²) in [5, 5.41) is 29.7. The van der Waals surface area contributed by atoms with Crippen molar-refractivity contribution >= 4 is 17.5 Å². The molecule has 0 saturated carbocycles. The highest BCUT2D eigenvalue weighted by Gasteiger charge is 2.32. The third kappa shape index (κ3) is 9.53. The third-order valence-corrected chi connectivity index (χ3v) is 4.81. The van der Waals surface area contributed by atoms with E-state index in [0.29, 0.717) is 45.1 Å². The summed E-state index contributed by atoms with van der Waals surface area (Å²) in [6.07, 6.45) is 3.24. The average Bonchev–Trinajstić information content (AvgIpc) is 2.69. The molecule has 0 aromatic heterocycles. The molecule has 1 unspecified atom stereocenters. The van der Waals surface area contributed by atoms with Crippen LogP contribution in [0.1, 0.15) is 44.1 Å². The largest absolute Gasteiger partial charge is 0.396 e. The summed E-state index contributed by atoms with van der Waals surface area (Å²) in [5.74, 6) is -0.335. The van der Waals surface area contributed by atoms with Gasteiger partial charge in [0.2, 0.25) is 5.91 Å². The van der Waals surface area contributed by atoms with Gasteiger partial charge in [0, 0.05) is 25.4 Å². The second-order valence-corrected chi connectivity index (χ2v) is 7.25.